The summed E-state index contributed by atoms with van der Waals surface area (Å²) in [7, 11) is 1.79. The molecular weight excluding hydrogens is 250 g/mol. The van der Waals surface area contributed by atoms with E-state index in [1.165, 1.54) is 12.1 Å². The number of pyridine rings is 1. The Bertz CT molecular complexity index is 610. The molecule has 0 aliphatic carbocycles. The first-order valence-corrected chi connectivity index (χ1v) is 5.50. The van der Waals surface area contributed by atoms with Crippen molar-refractivity contribution in [2.75, 3.05) is 11.1 Å². The lowest BCUT2D eigenvalue weighted by Crippen LogP contribution is -2.14. The van der Waals surface area contributed by atoms with Crippen molar-refractivity contribution in [3.63, 3.8) is 0 Å². The van der Waals surface area contributed by atoms with Gasteiger partial charge in [-0.3, -0.25) is 10.1 Å². The zero-order valence-corrected chi connectivity index (χ0v) is 10.4. The Morgan fingerprint density at radius 1 is 1.53 bits per heavy atom. The molecule has 0 bridgehead atoms. The molecule has 2 aromatic rings. The van der Waals surface area contributed by atoms with Crippen LogP contribution in [0.1, 0.15) is 18.8 Å². The molecule has 2 heterocycles. The second-order valence-electron chi connectivity index (χ2n) is 4.03. The minimum atomic E-state index is -0.516. The Morgan fingerprint density at radius 2 is 2.26 bits per heavy atom. The molecule has 2 rings (SSSR count). The van der Waals surface area contributed by atoms with Crippen LogP contribution < -0.4 is 11.1 Å². The highest BCUT2D eigenvalue weighted by Gasteiger charge is 2.19. The smallest absolute Gasteiger partial charge is 0.311 e. The molecule has 0 radical (unpaired) electrons. The average molecular weight is 263 g/mol. The van der Waals surface area contributed by atoms with Gasteiger partial charge >= 0.3 is 5.69 Å². The highest BCUT2D eigenvalue weighted by atomic mass is 16.6. The number of nitrogen functional groups attached to an aromatic ring is 1. The van der Waals surface area contributed by atoms with E-state index in [-0.39, 0.29) is 23.4 Å². The van der Waals surface area contributed by atoms with Gasteiger partial charge in [-0.25, -0.2) is 4.98 Å². The summed E-state index contributed by atoms with van der Waals surface area (Å²) in [6.45, 7) is 1.80. The van der Waals surface area contributed by atoms with E-state index in [2.05, 4.69) is 20.5 Å². The lowest BCUT2D eigenvalue weighted by atomic mass is 10.3. The lowest BCUT2D eigenvalue weighted by molar-refractivity contribution is -0.384. The van der Waals surface area contributed by atoms with Crippen molar-refractivity contribution in [3.8, 4) is 0 Å². The summed E-state index contributed by atoms with van der Waals surface area (Å²) in [5, 5.41) is 21.5. The lowest BCUT2D eigenvalue weighted by Gasteiger charge is -2.13. The summed E-state index contributed by atoms with van der Waals surface area (Å²) in [6, 6.07) is 2.41. The number of nitrogens with zero attached hydrogens (tertiary/aromatic N) is 5. The Balaban J connectivity index is 2.30. The van der Waals surface area contributed by atoms with E-state index in [9.17, 15) is 10.1 Å². The summed E-state index contributed by atoms with van der Waals surface area (Å²) in [5.74, 6) is 0.956. The highest BCUT2D eigenvalue weighted by Crippen LogP contribution is 2.26. The number of nitrogens with one attached hydrogen (secondary N) is 1. The van der Waals surface area contributed by atoms with Crippen molar-refractivity contribution < 1.29 is 4.92 Å². The standard InChI is InChI=1S/C10H13N7O2/c1-6(10-15-12-5-16(10)2)13-9-7(17(18)19)3-4-8(11)14-9/h3-6H,1-2H3,(H3,11,13,14). The summed E-state index contributed by atoms with van der Waals surface area (Å²) in [6.07, 6.45) is 1.55. The van der Waals surface area contributed by atoms with Gasteiger partial charge in [0.25, 0.3) is 0 Å². The van der Waals surface area contributed by atoms with E-state index in [0.29, 0.717) is 5.82 Å². The number of aromatic nitrogens is 4. The molecule has 3 N–H and O–H groups in total. The van der Waals surface area contributed by atoms with Crippen molar-refractivity contribution in [3.05, 3.63) is 34.4 Å². The van der Waals surface area contributed by atoms with Gasteiger partial charge < -0.3 is 15.6 Å². The predicted octanol–water partition coefficient (Wildman–Crippen LogP) is 0.874. The Labute approximate surface area is 108 Å². The number of rotatable bonds is 4. The van der Waals surface area contributed by atoms with Gasteiger partial charge in [0.15, 0.2) is 5.82 Å². The quantitative estimate of drug-likeness (QED) is 0.619. The molecule has 9 heteroatoms. The fourth-order valence-electron chi connectivity index (χ4n) is 1.67. The normalized spacial score (nSPS) is 12.1. The molecule has 2 aromatic heterocycles. The van der Waals surface area contributed by atoms with E-state index < -0.39 is 4.92 Å². The first kappa shape index (κ1) is 12.7. The van der Waals surface area contributed by atoms with Gasteiger partial charge in [-0.05, 0) is 13.0 Å². The zero-order chi connectivity index (χ0) is 14.0. The molecule has 0 amide bonds. The van der Waals surface area contributed by atoms with Gasteiger partial charge in [-0.2, -0.15) is 0 Å². The second-order valence-corrected chi connectivity index (χ2v) is 4.03. The Morgan fingerprint density at radius 3 is 2.84 bits per heavy atom. The van der Waals surface area contributed by atoms with E-state index >= 15 is 0 Å². The minimum Gasteiger partial charge on any atom is -0.384 e. The monoisotopic (exact) mass is 263 g/mol. The summed E-state index contributed by atoms with van der Waals surface area (Å²) < 4.78 is 1.72. The summed E-state index contributed by atoms with van der Waals surface area (Å²) >= 11 is 0. The van der Waals surface area contributed by atoms with Crippen LogP contribution in [0.4, 0.5) is 17.3 Å². The molecule has 0 aliphatic rings. The van der Waals surface area contributed by atoms with Crippen molar-refractivity contribution in [1.82, 2.24) is 19.7 Å². The topological polar surface area (TPSA) is 125 Å². The SMILES string of the molecule is CC(Nc1nc(N)ccc1[N+](=O)[O-])c1nncn1C. The molecule has 0 fully saturated rings. The number of hydrogen-bond acceptors (Lipinski definition) is 7. The fourth-order valence-corrected chi connectivity index (χ4v) is 1.67. The third kappa shape index (κ3) is 2.59. The molecule has 0 spiro atoms. The van der Waals surface area contributed by atoms with Crippen LogP contribution in [-0.4, -0.2) is 24.7 Å². The Hall–Kier alpha value is -2.71. The Kier molecular flexibility index (Phi) is 3.27. The third-order valence-corrected chi connectivity index (χ3v) is 2.58. The average Bonchev–Trinajstić information content (AvgIpc) is 2.75. The number of nitrogens with two attached hydrogens (primary N) is 1. The van der Waals surface area contributed by atoms with E-state index in [0.717, 1.165) is 0 Å². The summed E-state index contributed by atoms with van der Waals surface area (Å²) in [4.78, 5) is 14.3. The number of hydrogen-bond donors (Lipinski definition) is 2. The van der Waals surface area contributed by atoms with Crippen LogP contribution >= 0.6 is 0 Å². The molecule has 1 unspecified atom stereocenters. The van der Waals surface area contributed by atoms with E-state index in [1.54, 1.807) is 24.9 Å². The van der Waals surface area contributed by atoms with Crippen LogP contribution in [0.2, 0.25) is 0 Å². The molecule has 100 valence electrons. The van der Waals surface area contributed by atoms with Crippen LogP contribution in [0.5, 0.6) is 0 Å². The first-order valence-electron chi connectivity index (χ1n) is 5.50. The minimum absolute atomic E-state index is 0.112. The van der Waals surface area contributed by atoms with Crippen molar-refractivity contribution in [1.29, 1.82) is 0 Å². The largest absolute Gasteiger partial charge is 0.384 e. The maximum absolute atomic E-state index is 10.9. The van der Waals surface area contributed by atoms with E-state index in [1.807, 2.05) is 0 Å². The van der Waals surface area contributed by atoms with Gasteiger partial charge in [0, 0.05) is 13.1 Å². The predicted molar refractivity (Wildman–Crippen MR) is 68.3 cm³/mol. The highest BCUT2D eigenvalue weighted by molar-refractivity contribution is 5.59. The third-order valence-electron chi connectivity index (χ3n) is 2.58. The molecular formula is C10H13N7O2. The number of anilines is 2. The van der Waals surface area contributed by atoms with Crippen LogP contribution in [-0.2, 0) is 7.05 Å². The first-order chi connectivity index (χ1) is 8.99. The van der Waals surface area contributed by atoms with Gasteiger partial charge in [-0.15, -0.1) is 10.2 Å². The van der Waals surface area contributed by atoms with E-state index in [4.69, 9.17) is 5.73 Å². The molecule has 9 nitrogen and oxygen atoms in total. The maximum atomic E-state index is 10.9. The number of aryl methyl sites for hydroxylation is 1. The van der Waals surface area contributed by atoms with Crippen molar-refractivity contribution >= 4 is 17.3 Å². The van der Waals surface area contributed by atoms with Gasteiger partial charge in [-0.1, -0.05) is 0 Å². The van der Waals surface area contributed by atoms with Crippen molar-refractivity contribution in [2.45, 2.75) is 13.0 Å². The molecule has 19 heavy (non-hydrogen) atoms. The fraction of sp³-hybridized carbons (Fsp3) is 0.300. The number of nitro groups is 1. The van der Waals surface area contributed by atoms with Crippen LogP contribution in [0, 0.1) is 10.1 Å². The van der Waals surface area contributed by atoms with Gasteiger partial charge in [0.05, 0.1) is 11.0 Å². The second kappa shape index (κ2) is 4.88. The molecule has 0 aliphatic heterocycles. The van der Waals surface area contributed by atoms with Crippen LogP contribution in [0.25, 0.3) is 0 Å². The molecule has 1 atom stereocenters. The molecule has 0 aromatic carbocycles. The summed E-state index contributed by atoms with van der Waals surface area (Å²) in [5.41, 5.74) is 5.41. The zero-order valence-electron chi connectivity index (χ0n) is 10.4. The van der Waals surface area contributed by atoms with Gasteiger partial charge in [0.2, 0.25) is 5.82 Å². The maximum Gasteiger partial charge on any atom is 0.311 e. The molecule has 0 saturated heterocycles. The molecule has 0 saturated carbocycles. The van der Waals surface area contributed by atoms with Crippen LogP contribution in [0.3, 0.4) is 0 Å². The van der Waals surface area contributed by atoms with Gasteiger partial charge in [0.1, 0.15) is 12.1 Å². The van der Waals surface area contributed by atoms with Crippen LogP contribution in [0.15, 0.2) is 18.5 Å². The van der Waals surface area contributed by atoms with Crippen molar-refractivity contribution in [2.24, 2.45) is 7.05 Å².